The van der Waals surface area contributed by atoms with Crippen molar-refractivity contribution in [2.45, 2.75) is 31.5 Å². The summed E-state index contributed by atoms with van der Waals surface area (Å²) in [7, 11) is -16.8. The van der Waals surface area contributed by atoms with E-state index in [0.717, 1.165) is 10.8 Å². The van der Waals surface area contributed by atoms with Crippen molar-refractivity contribution in [3.8, 4) is 0 Å². The molecule has 0 radical (unpaired) electrons. The first-order valence-corrected chi connectivity index (χ1v) is 12.7. The number of ether oxygens (including phenoxy) is 1. The highest BCUT2D eigenvalue weighted by molar-refractivity contribution is 7.66. The average Bonchev–Trinajstić information content (AvgIpc) is 2.85. The van der Waals surface area contributed by atoms with E-state index in [1.54, 1.807) is 0 Å². The van der Waals surface area contributed by atoms with Gasteiger partial charge in [0.15, 0.2) is 6.23 Å². The van der Waals surface area contributed by atoms with Crippen LogP contribution in [0.25, 0.3) is 0 Å². The fourth-order valence-electron chi connectivity index (χ4n) is 2.42. The lowest BCUT2D eigenvalue weighted by Gasteiger charge is -2.19. The maximum absolute atomic E-state index is 12.1. The monoisotopic (exact) mass is 525 g/mol. The first kappa shape index (κ1) is 26.9. The van der Waals surface area contributed by atoms with Gasteiger partial charge in [-0.3, -0.25) is 13.9 Å². The molecule has 0 bridgehead atoms. The van der Waals surface area contributed by atoms with Gasteiger partial charge in [0.1, 0.15) is 24.1 Å². The highest BCUT2D eigenvalue weighted by atomic mass is 31.3. The van der Waals surface area contributed by atoms with E-state index >= 15 is 0 Å². The summed E-state index contributed by atoms with van der Waals surface area (Å²) in [5.41, 5.74) is -0.999. The van der Waals surface area contributed by atoms with Crippen LogP contribution in [0.4, 0.5) is 5.82 Å². The van der Waals surface area contributed by atoms with Crippen LogP contribution in [0.15, 0.2) is 17.1 Å². The minimum Gasteiger partial charge on any atom is -0.387 e. The van der Waals surface area contributed by atoms with Crippen molar-refractivity contribution < 1.29 is 66.2 Å². The van der Waals surface area contributed by atoms with E-state index in [-0.39, 0.29) is 5.82 Å². The van der Waals surface area contributed by atoms with Gasteiger partial charge in [-0.15, -0.1) is 0 Å². The molecule has 1 aliphatic heterocycles. The predicted molar refractivity (Wildman–Crippen MR) is 98.5 cm³/mol. The van der Waals surface area contributed by atoms with Gasteiger partial charge in [0.05, 0.1) is 6.61 Å². The van der Waals surface area contributed by atoms with E-state index in [1.807, 2.05) is 0 Å². The quantitative estimate of drug-likeness (QED) is 0.175. The number of aliphatic hydroxyl groups excluding tert-OH is 2. The minimum absolute atomic E-state index is 0.101. The summed E-state index contributed by atoms with van der Waals surface area (Å²) >= 11 is 0. The topological polar surface area (TPSA) is 273 Å². The number of nitrogens with zero attached hydrogens (tertiary/aromatic N) is 2. The minimum atomic E-state index is -5.74. The van der Waals surface area contributed by atoms with E-state index in [2.05, 4.69) is 23.4 Å². The molecule has 7 N–H and O–H groups in total. The number of phosphoric ester groups is 1. The number of carbonyl (C=O) groups excluding carboxylic acids is 1. The van der Waals surface area contributed by atoms with Crippen LogP contribution in [-0.4, -0.2) is 70.2 Å². The molecule has 2 rings (SSSR count). The van der Waals surface area contributed by atoms with Crippen LogP contribution in [0, 0.1) is 0 Å². The first-order chi connectivity index (χ1) is 14.5. The molecule has 2 heterocycles. The smallest absolute Gasteiger partial charge is 0.387 e. The molecular weight excluding hydrogens is 507 g/mol. The Labute approximate surface area is 177 Å². The molecule has 1 saturated heterocycles. The van der Waals surface area contributed by atoms with Crippen LogP contribution < -0.4 is 11.0 Å². The van der Waals surface area contributed by atoms with Crippen molar-refractivity contribution in [3.05, 3.63) is 22.7 Å². The Kier molecular flexibility index (Phi) is 8.29. The van der Waals surface area contributed by atoms with Crippen molar-refractivity contribution in [2.75, 3.05) is 11.9 Å². The van der Waals surface area contributed by atoms with Gasteiger partial charge in [-0.2, -0.15) is 13.6 Å². The number of phosphoric acid groups is 3. The predicted octanol–water partition coefficient (Wildman–Crippen LogP) is -1.84. The SMILES string of the molecule is CC(=O)Nc1ccn(C2OC(COP(=O)(O)OP(=O)(O)OP(=O)(O)O)C(O)C2O)c(=O)n1. The number of amides is 1. The van der Waals surface area contributed by atoms with Crippen LogP contribution in [0.1, 0.15) is 13.2 Å². The van der Waals surface area contributed by atoms with Crippen molar-refractivity contribution >= 4 is 35.2 Å². The molecule has 18 nitrogen and oxygen atoms in total. The highest BCUT2D eigenvalue weighted by Gasteiger charge is 2.46. The Morgan fingerprint density at radius 1 is 1.16 bits per heavy atom. The van der Waals surface area contributed by atoms with Crippen molar-refractivity contribution in [3.63, 3.8) is 0 Å². The molecule has 1 aromatic rings. The molecule has 0 aliphatic carbocycles. The number of nitrogens with one attached hydrogen (secondary N) is 1. The molecular formula is C11H18N3O15P3. The Balaban J connectivity index is 2.07. The standard InChI is InChI=1S/C11H18N3O15P3/c1-5(15)12-7-2-3-14(11(18)13-7)10-9(17)8(16)6(27-10)4-26-31(22,23)29-32(24,25)28-30(19,20)21/h2-3,6,8-10,16-17H,4H2,1H3,(H,22,23)(H,24,25)(H2,19,20,21)(H,12,13,15,18). The summed E-state index contributed by atoms with van der Waals surface area (Å²) in [6.07, 6.45) is -5.62. The Morgan fingerprint density at radius 3 is 2.31 bits per heavy atom. The summed E-state index contributed by atoms with van der Waals surface area (Å²) in [4.78, 5) is 62.1. The fourth-order valence-corrected chi connectivity index (χ4v) is 5.45. The lowest BCUT2D eigenvalue weighted by Crippen LogP contribution is -2.36. The van der Waals surface area contributed by atoms with Crippen molar-refractivity contribution in [1.82, 2.24) is 9.55 Å². The van der Waals surface area contributed by atoms with E-state index in [9.17, 15) is 38.4 Å². The van der Waals surface area contributed by atoms with E-state index in [1.165, 1.54) is 13.0 Å². The van der Waals surface area contributed by atoms with Crippen molar-refractivity contribution in [2.24, 2.45) is 0 Å². The maximum Gasteiger partial charge on any atom is 0.490 e. The second-order valence-electron chi connectivity index (χ2n) is 6.12. The Hall–Kier alpha value is -1.36. The summed E-state index contributed by atoms with van der Waals surface area (Å²) in [5.74, 6) is -0.607. The van der Waals surface area contributed by atoms with E-state index < -0.39 is 66.2 Å². The lowest BCUT2D eigenvalue weighted by molar-refractivity contribution is -0.114. The van der Waals surface area contributed by atoms with Gasteiger partial charge in [-0.25, -0.2) is 18.5 Å². The zero-order chi connectivity index (χ0) is 24.5. The highest BCUT2D eigenvalue weighted by Crippen LogP contribution is 2.66. The van der Waals surface area contributed by atoms with Gasteiger partial charge >= 0.3 is 29.2 Å². The summed E-state index contributed by atoms with van der Waals surface area (Å²) in [6.45, 7) is 0.125. The molecule has 1 aliphatic rings. The maximum atomic E-state index is 12.1. The number of hydrogen-bond donors (Lipinski definition) is 7. The zero-order valence-corrected chi connectivity index (χ0v) is 18.4. The number of anilines is 1. The third kappa shape index (κ3) is 7.60. The van der Waals surface area contributed by atoms with Gasteiger partial charge in [-0.05, 0) is 6.07 Å². The molecule has 0 aromatic carbocycles. The van der Waals surface area contributed by atoms with Crippen LogP contribution in [0.2, 0.25) is 0 Å². The molecule has 32 heavy (non-hydrogen) atoms. The molecule has 182 valence electrons. The number of hydrogen-bond acceptors (Lipinski definition) is 12. The summed E-state index contributed by atoms with van der Waals surface area (Å²) in [5, 5.41) is 22.4. The van der Waals surface area contributed by atoms with Crippen LogP contribution in [0.5, 0.6) is 0 Å². The number of aliphatic hydroxyl groups is 2. The third-order valence-corrected chi connectivity index (χ3v) is 7.37. The second kappa shape index (κ2) is 9.87. The van der Waals surface area contributed by atoms with Crippen LogP contribution in [0.3, 0.4) is 0 Å². The van der Waals surface area contributed by atoms with Gasteiger partial charge in [0, 0.05) is 13.1 Å². The van der Waals surface area contributed by atoms with Crippen molar-refractivity contribution in [1.29, 1.82) is 0 Å². The normalized spacial score (nSPS) is 27.5. The average molecular weight is 525 g/mol. The molecule has 1 fully saturated rings. The fraction of sp³-hybridized carbons (Fsp3) is 0.545. The number of carbonyl (C=O) groups is 1. The molecule has 0 saturated carbocycles. The molecule has 0 spiro atoms. The molecule has 6 unspecified atom stereocenters. The number of aromatic nitrogens is 2. The van der Waals surface area contributed by atoms with Gasteiger partial charge in [0.2, 0.25) is 5.91 Å². The molecule has 1 aromatic heterocycles. The van der Waals surface area contributed by atoms with E-state index in [0.29, 0.717) is 0 Å². The van der Waals surface area contributed by atoms with Gasteiger partial charge < -0.3 is 39.8 Å². The van der Waals surface area contributed by atoms with E-state index in [4.69, 9.17) is 19.4 Å². The largest absolute Gasteiger partial charge is 0.490 e. The Morgan fingerprint density at radius 2 is 1.78 bits per heavy atom. The lowest BCUT2D eigenvalue weighted by atomic mass is 10.1. The van der Waals surface area contributed by atoms with Gasteiger partial charge in [-0.1, -0.05) is 0 Å². The van der Waals surface area contributed by atoms with Gasteiger partial charge in [0.25, 0.3) is 0 Å². The summed E-state index contributed by atoms with van der Waals surface area (Å²) < 4.78 is 51.0. The zero-order valence-electron chi connectivity index (χ0n) is 15.8. The van der Waals surface area contributed by atoms with Crippen LogP contribution >= 0.6 is 23.5 Å². The number of rotatable bonds is 9. The molecule has 6 atom stereocenters. The first-order valence-electron chi connectivity index (χ1n) is 8.16. The summed E-state index contributed by atoms with van der Waals surface area (Å²) in [6, 6.07) is 1.19. The third-order valence-electron chi connectivity index (χ3n) is 3.56. The van der Waals surface area contributed by atoms with Crippen LogP contribution in [-0.2, 0) is 36.4 Å². The second-order valence-corrected chi connectivity index (χ2v) is 10.5. The molecule has 21 heteroatoms. The Bertz CT molecular complexity index is 1050. The molecule has 1 amide bonds.